The van der Waals surface area contributed by atoms with Gasteiger partial charge < -0.3 is 10.6 Å². The van der Waals surface area contributed by atoms with Crippen molar-refractivity contribution in [2.75, 3.05) is 12.4 Å². The molecule has 1 aromatic heterocycles. The summed E-state index contributed by atoms with van der Waals surface area (Å²) in [4.78, 5) is 12.8. The van der Waals surface area contributed by atoms with Crippen LogP contribution in [0.25, 0.3) is 0 Å². The molecule has 100 valence electrons. The predicted octanol–water partition coefficient (Wildman–Crippen LogP) is 4.14. The molecule has 2 N–H and O–H groups in total. The van der Waals surface area contributed by atoms with Gasteiger partial charge in [0, 0.05) is 22.1 Å². The number of rotatable bonds is 4. The Labute approximate surface area is 129 Å². The SMILES string of the molecule is CNC(=O)c1cc(NCc2sccc2Br)ccc1Cl. The lowest BCUT2D eigenvalue weighted by atomic mass is 10.2. The van der Waals surface area contributed by atoms with Gasteiger partial charge in [-0.2, -0.15) is 0 Å². The highest BCUT2D eigenvalue weighted by atomic mass is 79.9. The van der Waals surface area contributed by atoms with Gasteiger partial charge in [-0.15, -0.1) is 11.3 Å². The van der Waals surface area contributed by atoms with Gasteiger partial charge in [-0.1, -0.05) is 11.6 Å². The summed E-state index contributed by atoms with van der Waals surface area (Å²) in [6, 6.07) is 7.34. The van der Waals surface area contributed by atoms with E-state index in [1.165, 1.54) is 4.88 Å². The molecule has 2 aromatic rings. The molecule has 3 nitrogen and oxygen atoms in total. The van der Waals surface area contributed by atoms with E-state index in [1.54, 1.807) is 30.5 Å². The molecule has 0 radical (unpaired) electrons. The van der Waals surface area contributed by atoms with Crippen molar-refractivity contribution in [2.24, 2.45) is 0 Å². The van der Waals surface area contributed by atoms with Crippen LogP contribution in [-0.4, -0.2) is 13.0 Å². The molecular weight excluding hydrogens is 348 g/mol. The maximum atomic E-state index is 11.6. The highest BCUT2D eigenvalue weighted by Crippen LogP contribution is 2.25. The Morgan fingerprint density at radius 1 is 1.42 bits per heavy atom. The first-order valence-electron chi connectivity index (χ1n) is 5.59. The molecular formula is C13H12BrClN2OS. The van der Waals surface area contributed by atoms with E-state index in [0.29, 0.717) is 17.1 Å². The van der Waals surface area contributed by atoms with Crippen molar-refractivity contribution in [3.8, 4) is 0 Å². The van der Waals surface area contributed by atoms with Crippen LogP contribution < -0.4 is 10.6 Å². The van der Waals surface area contributed by atoms with Gasteiger partial charge in [-0.3, -0.25) is 4.79 Å². The van der Waals surface area contributed by atoms with Crippen LogP contribution in [0.3, 0.4) is 0 Å². The molecule has 0 saturated heterocycles. The molecule has 6 heteroatoms. The van der Waals surface area contributed by atoms with Crippen LogP contribution in [0, 0.1) is 0 Å². The third-order valence-corrected chi connectivity index (χ3v) is 4.84. The molecule has 0 atom stereocenters. The quantitative estimate of drug-likeness (QED) is 0.861. The molecule has 0 bridgehead atoms. The second-order valence-electron chi connectivity index (χ2n) is 3.82. The van der Waals surface area contributed by atoms with E-state index < -0.39 is 0 Å². The number of halogens is 2. The molecule has 0 aliphatic heterocycles. The van der Waals surface area contributed by atoms with Crippen molar-refractivity contribution in [3.63, 3.8) is 0 Å². The van der Waals surface area contributed by atoms with Crippen LogP contribution in [0.4, 0.5) is 5.69 Å². The van der Waals surface area contributed by atoms with Gasteiger partial charge in [0.1, 0.15) is 0 Å². The highest BCUT2D eigenvalue weighted by molar-refractivity contribution is 9.10. The molecule has 0 aliphatic rings. The number of carbonyl (C=O) groups is 1. The third kappa shape index (κ3) is 3.49. The van der Waals surface area contributed by atoms with E-state index in [-0.39, 0.29) is 5.91 Å². The van der Waals surface area contributed by atoms with E-state index in [9.17, 15) is 4.79 Å². The number of nitrogens with one attached hydrogen (secondary N) is 2. The van der Waals surface area contributed by atoms with Gasteiger partial charge >= 0.3 is 0 Å². The van der Waals surface area contributed by atoms with Crippen LogP contribution in [0.5, 0.6) is 0 Å². The largest absolute Gasteiger partial charge is 0.380 e. The second-order valence-corrected chi connectivity index (χ2v) is 6.08. The monoisotopic (exact) mass is 358 g/mol. The minimum Gasteiger partial charge on any atom is -0.380 e. The van der Waals surface area contributed by atoms with Crippen LogP contribution in [0.1, 0.15) is 15.2 Å². The fourth-order valence-corrected chi connectivity index (χ4v) is 3.21. The fraction of sp³-hybridized carbons (Fsp3) is 0.154. The summed E-state index contributed by atoms with van der Waals surface area (Å²) >= 11 is 11.2. The standard InChI is InChI=1S/C13H12BrClN2OS/c1-16-13(18)9-6-8(2-3-11(9)15)17-7-12-10(14)4-5-19-12/h2-6,17H,7H2,1H3,(H,16,18). The summed E-state index contributed by atoms with van der Waals surface area (Å²) in [5.74, 6) is -0.189. The number of carbonyl (C=O) groups excluding carboxylic acids is 1. The van der Waals surface area contributed by atoms with Crippen molar-refractivity contribution in [2.45, 2.75) is 6.54 Å². The van der Waals surface area contributed by atoms with Crippen LogP contribution in [0.2, 0.25) is 5.02 Å². The topological polar surface area (TPSA) is 41.1 Å². The van der Waals surface area contributed by atoms with Gasteiger partial charge in [-0.05, 0) is 45.6 Å². The fourth-order valence-electron chi connectivity index (χ4n) is 1.58. The van der Waals surface area contributed by atoms with Gasteiger partial charge in [0.15, 0.2) is 0 Å². The Kier molecular flexibility index (Phi) is 4.85. The normalized spacial score (nSPS) is 10.3. The summed E-state index contributed by atoms with van der Waals surface area (Å²) in [7, 11) is 1.58. The Morgan fingerprint density at radius 2 is 2.21 bits per heavy atom. The Hall–Kier alpha value is -1.04. The van der Waals surface area contributed by atoms with E-state index in [0.717, 1.165) is 10.2 Å². The zero-order valence-electron chi connectivity index (χ0n) is 10.2. The third-order valence-electron chi connectivity index (χ3n) is 2.58. The Bertz CT molecular complexity index is 600. The average Bonchev–Trinajstić information content (AvgIpc) is 2.82. The lowest BCUT2D eigenvalue weighted by Gasteiger charge is -2.09. The Balaban J connectivity index is 2.13. The first-order valence-corrected chi connectivity index (χ1v) is 7.64. The average molecular weight is 360 g/mol. The number of anilines is 1. The van der Waals surface area contributed by atoms with Gasteiger partial charge in [0.05, 0.1) is 17.1 Å². The van der Waals surface area contributed by atoms with Gasteiger partial charge in [-0.25, -0.2) is 0 Å². The minimum absolute atomic E-state index is 0.189. The molecule has 0 saturated carbocycles. The summed E-state index contributed by atoms with van der Waals surface area (Å²) in [5, 5.41) is 8.32. The maximum absolute atomic E-state index is 11.6. The summed E-state index contributed by atoms with van der Waals surface area (Å²) in [6.45, 7) is 0.701. The van der Waals surface area contributed by atoms with Gasteiger partial charge in [0.2, 0.25) is 0 Å². The molecule has 1 aromatic carbocycles. The molecule has 0 aliphatic carbocycles. The molecule has 1 amide bonds. The van der Waals surface area contributed by atoms with E-state index in [2.05, 4.69) is 26.6 Å². The zero-order chi connectivity index (χ0) is 13.8. The minimum atomic E-state index is -0.189. The first-order chi connectivity index (χ1) is 9.11. The predicted molar refractivity (Wildman–Crippen MR) is 84.2 cm³/mol. The molecule has 0 unspecified atom stereocenters. The lowest BCUT2D eigenvalue weighted by Crippen LogP contribution is -2.18. The number of hydrogen-bond donors (Lipinski definition) is 2. The molecule has 2 rings (SSSR count). The number of hydrogen-bond acceptors (Lipinski definition) is 3. The Morgan fingerprint density at radius 3 is 2.84 bits per heavy atom. The smallest absolute Gasteiger partial charge is 0.252 e. The number of benzene rings is 1. The molecule has 19 heavy (non-hydrogen) atoms. The van der Waals surface area contributed by atoms with Crippen LogP contribution >= 0.6 is 38.9 Å². The lowest BCUT2D eigenvalue weighted by molar-refractivity contribution is 0.0963. The van der Waals surface area contributed by atoms with Crippen molar-refractivity contribution in [1.82, 2.24) is 5.32 Å². The van der Waals surface area contributed by atoms with Crippen molar-refractivity contribution < 1.29 is 4.79 Å². The molecule has 1 heterocycles. The van der Waals surface area contributed by atoms with Crippen LogP contribution in [0.15, 0.2) is 34.1 Å². The van der Waals surface area contributed by atoms with Gasteiger partial charge in [0.25, 0.3) is 5.91 Å². The van der Waals surface area contributed by atoms with E-state index in [1.807, 2.05) is 17.5 Å². The second kappa shape index (κ2) is 6.41. The maximum Gasteiger partial charge on any atom is 0.252 e. The number of amides is 1. The highest BCUT2D eigenvalue weighted by Gasteiger charge is 2.09. The zero-order valence-corrected chi connectivity index (χ0v) is 13.3. The first kappa shape index (κ1) is 14.4. The van der Waals surface area contributed by atoms with Crippen molar-refractivity contribution >= 4 is 50.5 Å². The molecule has 0 fully saturated rings. The van der Waals surface area contributed by atoms with E-state index in [4.69, 9.17) is 11.6 Å². The summed E-state index contributed by atoms with van der Waals surface area (Å²) in [6.07, 6.45) is 0. The summed E-state index contributed by atoms with van der Waals surface area (Å²) in [5.41, 5.74) is 1.34. The van der Waals surface area contributed by atoms with E-state index >= 15 is 0 Å². The van der Waals surface area contributed by atoms with Crippen molar-refractivity contribution in [3.05, 3.63) is 49.6 Å². The molecule has 0 spiro atoms. The summed E-state index contributed by atoms with van der Waals surface area (Å²) < 4.78 is 1.09. The van der Waals surface area contributed by atoms with Crippen molar-refractivity contribution in [1.29, 1.82) is 0 Å². The number of thiophene rings is 1. The van der Waals surface area contributed by atoms with Crippen LogP contribution in [-0.2, 0) is 6.54 Å².